The molecule has 0 saturated heterocycles. The van der Waals surface area contributed by atoms with E-state index in [1.807, 2.05) is 37.3 Å². The van der Waals surface area contributed by atoms with Gasteiger partial charge in [0.05, 0.1) is 19.2 Å². The van der Waals surface area contributed by atoms with Crippen molar-refractivity contribution in [1.82, 2.24) is 10.5 Å². The molecule has 0 fully saturated rings. The number of benzene rings is 2. The van der Waals surface area contributed by atoms with Gasteiger partial charge < -0.3 is 14.6 Å². The molecule has 1 N–H and O–H groups in total. The Balaban J connectivity index is 1.68. The van der Waals surface area contributed by atoms with E-state index in [2.05, 4.69) is 26.4 Å². The molecular weight excluding hydrogens is 384 g/mol. The van der Waals surface area contributed by atoms with Gasteiger partial charge in [-0.1, -0.05) is 35.0 Å². The van der Waals surface area contributed by atoms with Crippen molar-refractivity contribution in [2.75, 3.05) is 7.11 Å². The van der Waals surface area contributed by atoms with Crippen molar-refractivity contribution in [3.63, 3.8) is 0 Å². The number of rotatable bonds is 5. The van der Waals surface area contributed by atoms with Gasteiger partial charge in [0.2, 0.25) is 0 Å². The Bertz CT molecular complexity index is 888. The standard InChI is InChI=1S/C19H17BrN2O3/c1-12-3-5-13(6-4-12)18-9-14(22-25-18)11-21-19(23)16-10-15(24-2)7-8-17(16)20/h3-10H,11H2,1-2H3,(H,21,23). The van der Waals surface area contributed by atoms with Crippen LogP contribution in [0.5, 0.6) is 5.75 Å². The number of hydrogen-bond donors (Lipinski definition) is 1. The van der Waals surface area contributed by atoms with E-state index < -0.39 is 0 Å². The summed E-state index contributed by atoms with van der Waals surface area (Å²) in [4.78, 5) is 12.4. The maximum atomic E-state index is 12.4. The summed E-state index contributed by atoms with van der Waals surface area (Å²) in [6.07, 6.45) is 0. The first-order valence-corrected chi connectivity index (χ1v) is 8.50. The molecule has 128 valence electrons. The van der Waals surface area contributed by atoms with Gasteiger partial charge in [-0.25, -0.2) is 0 Å². The van der Waals surface area contributed by atoms with Crippen molar-refractivity contribution < 1.29 is 14.1 Å². The zero-order valence-corrected chi connectivity index (χ0v) is 15.5. The lowest BCUT2D eigenvalue weighted by Crippen LogP contribution is -2.23. The first-order valence-electron chi connectivity index (χ1n) is 7.71. The molecule has 0 aliphatic heterocycles. The van der Waals surface area contributed by atoms with E-state index in [9.17, 15) is 4.79 Å². The number of methoxy groups -OCH3 is 1. The van der Waals surface area contributed by atoms with E-state index in [1.54, 1.807) is 25.3 Å². The van der Waals surface area contributed by atoms with Crippen LogP contribution in [0.3, 0.4) is 0 Å². The molecule has 6 heteroatoms. The molecule has 2 aromatic carbocycles. The zero-order chi connectivity index (χ0) is 17.8. The van der Waals surface area contributed by atoms with E-state index in [0.29, 0.717) is 27.2 Å². The first-order chi connectivity index (χ1) is 12.1. The number of aryl methyl sites for hydroxylation is 1. The lowest BCUT2D eigenvalue weighted by molar-refractivity contribution is 0.0949. The molecule has 1 aromatic heterocycles. The third-order valence-corrected chi connectivity index (χ3v) is 4.43. The number of hydrogen-bond acceptors (Lipinski definition) is 4. The molecule has 0 aliphatic rings. The molecule has 3 aromatic rings. The molecule has 0 spiro atoms. The number of ether oxygens (including phenoxy) is 1. The van der Waals surface area contributed by atoms with Crippen molar-refractivity contribution in [3.8, 4) is 17.1 Å². The average molecular weight is 401 g/mol. The summed E-state index contributed by atoms with van der Waals surface area (Å²) < 4.78 is 11.2. The van der Waals surface area contributed by atoms with Gasteiger partial charge in [0.25, 0.3) is 5.91 Å². The number of carbonyl (C=O) groups excluding carboxylic acids is 1. The van der Waals surface area contributed by atoms with Crippen LogP contribution in [-0.2, 0) is 6.54 Å². The Morgan fingerprint density at radius 2 is 1.96 bits per heavy atom. The van der Waals surface area contributed by atoms with E-state index >= 15 is 0 Å². The highest BCUT2D eigenvalue weighted by Crippen LogP contribution is 2.23. The zero-order valence-electron chi connectivity index (χ0n) is 13.9. The van der Waals surface area contributed by atoms with Gasteiger partial charge in [0.1, 0.15) is 11.4 Å². The molecule has 25 heavy (non-hydrogen) atoms. The lowest BCUT2D eigenvalue weighted by atomic mass is 10.1. The van der Waals surface area contributed by atoms with Crippen LogP contribution in [0.4, 0.5) is 0 Å². The fraction of sp³-hybridized carbons (Fsp3) is 0.158. The summed E-state index contributed by atoms with van der Waals surface area (Å²) in [5.74, 6) is 1.08. The first kappa shape index (κ1) is 17.2. The molecule has 0 bridgehead atoms. The molecular formula is C19H17BrN2O3. The Labute approximate surface area is 154 Å². The third-order valence-electron chi connectivity index (χ3n) is 3.74. The van der Waals surface area contributed by atoms with E-state index in [4.69, 9.17) is 9.26 Å². The monoisotopic (exact) mass is 400 g/mol. The molecule has 3 rings (SSSR count). The van der Waals surface area contributed by atoms with Crippen LogP contribution in [0, 0.1) is 6.92 Å². The number of halogens is 1. The second-order valence-electron chi connectivity index (χ2n) is 5.58. The summed E-state index contributed by atoms with van der Waals surface area (Å²) in [7, 11) is 1.56. The van der Waals surface area contributed by atoms with Crippen LogP contribution in [0.25, 0.3) is 11.3 Å². The molecule has 5 nitrogen and oxygen atoms in total. The van der Waals surface area contributed by atoms with E-state index in [-0.39, 0.29) is 12.5 Å². The minimum Gasteiger partial charge on any atom is -0.497 e. The summed E-state index contributed by atoms with van der Waals surface area (Å²) in [5, 5.41) is 6.84. The van der Waals surface area contributed by atoms with E-state index in [1.165, 1.54) is 5.56 Å². The number of nitrogens with one attached hydrogen (secondary N) is 1. The van der Waals surface area contributed by atoms with Crippen molar-refractivity contribution in [3.05, 3.63) is 69.8 Å². The topological polar surface area (TPSA) is 64.4 Å². The fourth-order valence-corrected chi connectivity index (χ4v) is 2.75. The highest BCUT2D eigenvalue weighted by molar-refractivity contribution is 9.10. The lowest BCUT2D eigenvalue weighted by Gasteiger charge is -2.07. The van der Waals surface area contributed by atoms with Crippen LogP contribution in [0.1, 0.15) is 21.6 Å². The summed E-state index contributed by atoms with van der Waals surface area (Å²) >= 11 is 3.38. The largest absolute Gasteiger partial charge is 0.497 e. The van der Waals surface area contributed by atoms with Gasteiger partial charge in [0.15, 0.2) is 5.76 Å². The number of amides is 1. The SMILES string of the molecule is COc1ccc(Br)c(C(=O)NCc2cc(-c3ccc(C)cc3)on2)c1. The summed E-state index contributed by atoms with van der Waals surface area (Å²) in [6, 6.07) is 15.0. The summed E-state index contributed by atoms with van der Waals surface area (Å²) in [6.45, 7) is 2.31. The Hall–Kier alpha value is -2.60. The predicted molar refractivity (Wildman–Crippen MR) is 98.5 cm³/mol. The van der Waals surface area contributed by atoms with Crippen LogP contribution < -0.4 is 10.1 Å². The predicted octanol–water partition coefficient (Wildman–Crippen LogP) is 4.35. The van der Waals surface area contributed by atoms with Crippen molar-refractivity contribution >= 4 is 21.8 Å². The normalized spacial score (nSPS) is 10.5. The van der Waals surface area contributed by atoms with Gasteiger partial charge in [-0.05, 0) is 41.1 Å². The fourth-order valence-electron chi connectivity index (χ4n) is 2.32. The molecule has 0 aliphatic carbocycles. The quantitative estimate of drug-likeness (QED) is 0.691. The number of aromatic nitrogens is 1. The Morgan fingerprint density at radius 1 is 1.20 bits per heavy atom. The maximum Gasteiger partial charge on any atom is 0.252 e. The molecule has 0 atom stereocenters. The molecule has 0 unspecified atom stereocenters. The highest BCUT2D eigenvalue weighted by atomic mass is 79.9. The van der Waals surface area contributed by atoms with Crippen molar-refractivity contribution in [2.24, 2.45) is 0 Å². The average Bonchev–Trinajstić information content (AvgIpc) is 3.09. The maximum absolute atomic E-state index is 12.4. The smallest absolute Gasteiger partial charge is 0.252 e. The minimum absolute atomic E-state index is 0.217. The van der Waals surface area contributed by atoms with Crippen molar-refractivity contribution in [2.45, 2.75) is 13.5 Å². The third kappa shape index (κ3) is 4.09. The Kier molecular flexibility index (Phi) is 5.19. The highest BCUT2D eigenvalue weighted by Gasteiger charge is 2.13. The number of carbonyl (C=O) groups is 1. The van der Waals surface area contributed by atoms with Crippen LogP contribution in [0.15, 0.2) is 57.5 Å². The van der Waals surface area contributed by atoms with Gasteiger partial charge in [0, 0.05) is 16.1 Å². The minimum atomic E-state index is -0.217. The molecule has 1 heterocycles. The van der Waals surface area contributed by atoms with Crippen LogP contribution in [-0.4, -0.2) is 18.2 Å². The van der Waals surface area contributed by atoms with Gasteiger partial charge in [-0.3, -0.25) is 4.79 Å². The summed E-state index contributed by atoms with van der Waals surface area (Å²) in [5.41, 5.74) is 3.29. The van der Waals surface area contributed by atoms with Gasteiger partial charge >= 0.3 is 0 Å². The molecule has 0 saturated carbocycles. The molecule has 0 radical (unpaired) electrons. The van der Waals surface area contributed by atoms with Crippen LogP contribution in [0.2, 0.25) is 0 Å². The van der Waals surface area contributed by atoms with Gasteiger partial charge in [-0.2, -0.15) is 0 Å². The van der Waals surface area contributed by atoms with Gasteiger partial charge in [-0.15, -0.1) is 0 Å². The second-order valence-corrected chi connectivity index (χ2v) is 6.43. The number of nitrogens with zero attached hydrogens (tertiary/aromatic N) is 1. The van der Waals surface area contributed by atoms with Crippen LogP contribution >= 0.6 is 15.9 Å². The van der Waals surface area contributed by atoms with Crippen molar-refractivity contribution in [1.29, 1.82) is 0 Å². The Morgan fingerprint density at radius 3 is 2.68 bits per heavy atom. The molecule has 1 amide bonds. The second kappa shape index (κ2) is 7.53. The van der Waals surface area contributed by atoms with E-state index in [0.717, 1.165) is 5.56 Å².